The Balaban J connectivity index is 1.76. The van der Waals surface area contributed by atoms with Gasteiger partial charge in [-0.3, -0.25) is 9.59 Å². The molecule has 0 aliphatic heterocycles. The van der Waals surface area contributed by atoms with Crippen LogP contribution >= 0.6 is 11.6 Å². The summed E-state index contributed by atoms with van der Waals surface area (Å²) in [5, 5.41) is 9.37. The summed E-state index contributed by atoms with van der Waals surface area (Å²) >= 11 is 5.85. The molecule has 0 unspecified atom stereocenters. The summed E-state index contributed by atoms with van der Waals surface area (Å²) in [6.07, 6.45) is 2.63. The van der Waals surface area contributed by atoms with Gasteiger partial charge in [0, 0.05) is 24.4 Å². The van der Waals surface area contributed by atoms with Crippen LogP contribution in [-0.2, 0) is 32.5 Å². The molecule has 6 nitrogen and oxygen atoms in total. The van der Waals surface area contributed by atoms with E-state index in [2.05, 4.69) is 4.72 Å². The molecule has 1 saturated carbocycles. The lowest BCUT2D eigenvalue weighted by Crippen LogP contribution is -2.41. The number of carboxylic acid groups (broad SMARTS) is 1. The predicted molar refractivity (Wildman–Crippen MR) is 114 cm³/mol. The zero-order valence-corrected chi connectivity index (χ0v) is 18.0. The van der Waals surface area contributed by atoms with Crippen LogP contribution in [0.15, 0.2) is 53.4 Å². The molecule has 0 amide bonds. The summed E-state index contributed by atoms with van der Waals surface area (Å²) in [4.78, 5) is 22.8. The maximum Gasteiger partial charge on any atom is 0.307 e. The van der Waals surface area contributed by atoms with E-state index in [1.54, 1.807) is 12.1 Å². The lowest BCUT2D eigenvalue weighted by Gasteiger charge is -2.37. The molecule has 0 saturated heterocycles. The van der Waals surface area contributed by atoms with Gasteiger partial charge in [0.1, 0.15) is 5.78 Å². The summed E-state index contributed by atoms with van der Waals surface area (Å²) in [6, 6.07) is 13.3. The summed E-state index contributed by atoms with van der Waals surface area (Å²) in [5.41, 5.74) is 1.33. The van der Waals surface area contributed by atoms with E-state index >= 15 is 0 Å². The van der Waals surface area contributed by atoms with Crippen LogP contribution in [0.5, 0.6) is 0 Å². The van der Waals surface area contributed by atoms with Gasteiger partial charge in [0.05, 0.1) is 11.3 Å². The molecule has 2 N–H and O–H groups in total. The highest BCUT2D eigenvalue weighted by atomic mass is 35.5. The van der Waals surface area contributed by atoms with Gasteiger partial charge < -0.3 is 5.11 Å². The minimum absolute atomic E-state index is 0.0409. The van der Waals surface area contributed by atoms with E-state index in [0.29, 0.717) is 42.7 Å². The number of halogens is 1. The van der Waals surface area contributed by atoms with Crippen LogP contribution in [0, 0.1) is 5.41 Å². The molecule has 3 rings (SSSR count). The average molecular weight is 450 g/mol. The Hall–Kier alpha value is -2.22. The van der Waals surface area contributed by atoms with Crippen LogP contribution in [-0.4, -0.2) is 31.8 Å². The van der Waals surface area contributed by atoms with Crippen LogP contribution < -0.4 is 4.72 Å². The molecular weight excluding hydrogens is 426 g/mol. The van der Waals surface area contributed by atoms with E-state index in [1.807, 2.05) is 12.1 Å². The quantitative estimate of drug-likeness (QED) is 0.641. The van der Waals surface area contributed by atoms with Crippen LogP contribution in [0.4, 0.5) is 0 Å². The Labute approximate surface area is 181 Å². The molecular formula is C22H24ClNO5S. The summed E-state index contributed by atoms with van der Waals surface area (Å²) in [7, 11) is -3.70. The van der Waals surface area contributed by atoms with Gasteiger partial charge in [-0.05, 0) is 60.1 Å². The van der Waals surface area contributed by atoms with Gasteiger partial charge in [-0.25, -0.2) is 13.1 Å². The van der Waals surface area contributed by atoms with E-state index in [9.17, 15) is 18.0 Å². The molecule has 30 heavy (non-hydrogen) atoms. The Morgan fingerprint density at radius 2 is 1.57 bits per heavy atom. The van der Waals surface area contributed by atoms with Gasteiger partial charge in [-0.15, -0.1) is 0 Å². The molecule has 0 radical (unpaired) electrons. The van der Waals surface area contributed by atoms with Crippen molar-refractivity contribution in [2.45, 2.75) is 43.4 Å². The first-order valence-corrected chi connectivity index (χ1v) is 11.6. The minimum atomic E-state index is -3.70. The van der Waals surface area contributed by atoms with Crippen molar-refractivity contribution in [1.82, 2.24) is 4.72 Å². The fourth-order valence-corrected chi connectivity index (χ4v) is 5.09. The average Bonchev–Trinajstić information content (AvgIpc) is 2.70. The smallest absolute Gasteiger partial charge is 0.307 e. The van der Waals surface area contributed by atoms with Crippen molar-refractivity contribution in [3.63, 3.8) is 0 Å². The highest BCUT2D eigenvalue weighted by molar-refractivity contribution is 7.89. The molecule has 2 aromatic rings. The van der Waals surface area contributed by atoms with Gasteiger partial charge in [-0.2, -0.15) is 0 Å². The molecule has 0 spiro atoms. The van der Waals surface area contributed by atoms with Gasteiger partial charge >= 0.3 is 5.97 Å². The van der Waals surface area contributed by atoms with Gasteiger partial charge in [0.15, 0.2) is 0 Å². The lowest BCUT2D eigenvalue weighted by atomic mass is 9.70. The number of nitrogens with one attached hydrogen (secondary N) is 1. The number of carboxylic acids is 1. The SMILES string of the molecule is O=C(O)Cc1ccc(CC2(CNS(=O)(=O)c3ccc(Cl)cc3)CCC(=O)CC2)cc1. The van der Waals surface area contributed by atoms with Crippen LogP contribution in [0.1, 0.15) is 36.8 Å². The number of sulfonamides is 1. The molecule has 2 aromatic carbocycles. The van der Waals surface area contributed by atoms with Gasteiger partial charge in [0.25, 0.3) is 0 Å². The molecule has 0 aromatic heterocycles. The van der Waals surface area contributed by atoms with Crippen molar-refractivity contribution in [2.75, 3.05) is 6.54 Å². The largest absolute Gasteiger partial charge is 0.481 e. The molecule has 160 valence electrons. The number of aliphatic carboxylic acids is 1. The number of rotatable bonds is 8. The van der Waals surface area contributed by atoms with Crippen molar-refractivity contribution in [2.24, 2.45) is 5.41 Å². The highest BCUT2D eigenvalue weighted by Crippen LogP contribution is 2.38. The number of carbonyl (C=O) groups is 2. The van der Waals surface area contributed by atoms with Crippen molar-refractivity contribution in [1.29, 1.82) is 0 Å². The number of ketones is 1. The maximum atomic E-state index is 12.7. The second-order valence-corrected chi connectivity index (χ2v) is 10.1. The van der Waals surface area contributed by atoms with Crippen LogP contribution in [0.25, 0.3) is 0 Å². The third kappa shape index (κ3) is 5.90. The lowest BCUT2D eigenvalue weighted by molar-refractivity contribution is -0.136. The molecule has 1 fully saturated rings. The number of hydrogen-bond acceptors (Lipinski definition) is 4. The maximum absolute atomic E-state index is 12.7. The van der Waals surface area contributed by atoms with Gasteiger partial charge in [0.2, 0.25) is 10.0 Å². The molecule has 0 bridgehead atoms. The van der Waals surface area contributed by atoms with Crippen molar-refractivity contribution in [3.05, 3.63) is 64.7 Å². The Morgan fingerprint density at radius 3 is 2.13 bits per heavy atom. The first kappa shape index (κ1) is 22.5. The van der Waals surface area contributed by atoms with Crippen LogP contribution in [0.2, 0.25) is 5.02 Å². The summed E-state index contributed by atoms with van der Waals surface area (Å²) in [6.45, 7) is 0.224. The second-order valence-electron chi connectivity index (χ2n) is 7.88. The molecule has 0 atom stereocenters. The zero-order valence-electron chi connectivity index (χ0n) is 16.4. The van der Waals surface area contributed by atoms with E-state index < -0.39 is 16.0 Å². The number of carbonyl (C=O) groups excluding carboxylic acids is 1. The predicted octanol–water partition coefficient (Wildman–Crippen LogP) is 3.62. The number of hydrogen-bond donors (Lipinski definition) is 2. The third-order valence-electron chi connectivity index (χ3n) is 5.59. The minimum Gasteiger partial charge on any atom is -0.481 e. The van der Waals surface area contributed by atoms with Crippen molar-refractivity contribution < 1.29 is 23.1 Å². The first-order valence-electron chi connectivity index (χ1n) is 9.74. The summed E-state index contributed by atoms with van der Waals surface area (Å²) in [5.74, 6) is -0.690. The number of Topliss-reactive ketones (excluding diaryl/α,β-unsaturated/α-hetero) is 1. The van der Waals surface area contributed by atoms with Crippen molar-refractivity contribution >= 4 is 33.4 Å². The monoisotopic (exact) mass is 449 g/mol. The van der Waals surface area contributed by atoms with Gasteiger partial charge in [-0.1, -0.05) is 35.9 Å². The molecule has 8 heteroatoms. The highest BCUT2D eigenvalue weighted by Gasteiger charge is 2.36. The molecule has 1 aliphatic carbocycles. The van der Waals surface area contributed by atoms with Crippen LogP contribution in [0.3, 0.4) is 0 Å². The van der Waals surface area contributed by atoms with E-state index in [4.69, 9.17) is 16.7 Å². The fraction of sp³-hybridized carbons (Fsp3) is 0.364. The zero-order chi connectivity index (χ0) is 21.8. The van der Waals surface area contributed by atoms with E-state index in [1.165, 1.54) is 24.3 Å². The van der Waals surface area contributed by atoms with Crippen molar-refractivity contribution in [3.8, 4) is 0 Å². The summed E-state index contributed by atoms with van der Waals surface area (Å²) < 4.78 is 28.1. The standard InChI is InChI=1S/C22H24ClNO5S/c23-18-5-7-20(8-6-18)30(28,29)24-15-22(11-9-19(25)10-12-22)14-17-3-1-16(2-4-17)13-21(26)27/h1-8,24H,9-15H2,(H,26,27). The Kier molecular flexibility index (Phi) is 6.95. The number of benzene rings is 2. The van der Waals surface area contributed by atoms with E-state index in [-0.39, 0.29) is 29.1 Å². The normalized spacial score (nSPS) is 16.4. The Bertz CT molecular complexity index is 1010. The third-order valence-corrected chi connectivity index (χ3v) is 7.26. The second kappa shape index (κ2) is 9.29. The van der Waals surface area contributed by atoms with E-state index in [0.717, 1.165) is 5.56 Å². The molecule has 1 aliphatic rings. The fourth-order valence-electron chi connectivity index (χ4n) is 3.80. The topological polar surface area (TPSA) is 101 Å². The first-order chi connectivity index (χ1) is 14.2. The Morgan fingerprint density at radius 1 is 1.00 bits per heavy atom. The molecule has 0 heterocycles.